The van der Waals surface area contributed by atoms with Crippen LogP contribution in [-0.2, 0) is 6.54 Å². The van der Waals surface area contributed by atoms with Gasteiger partial charge in [0.2, 0.25) is 6.79 Å². The van der Waals surface area contributed by atoms with E-state index in [0.29, 0.717) is 22.7 Å². The molecule has 0 fully saturated rings. The van der Waals surface area contributed by atoms with Crippen molar-refractivity contribution in [3.8, 4) is 11.5 Å². The summed E-state index contributed by atoms with van der Waals surface area (Å²) in [4.78, 5) is 40.1. The summed E-state index contributed by atoms with van der Waals surface area (Å²) in [5, 5.41) is 2.68. The third-order valence-corrected chi connectivity index (χ3v) is 5.39. The predicted molar refractivity (Wildman–Crippen MR) is 110 cm³/mol. The number of rotatable bonds is 4. The molecule has 9 heteroatoms. The highest BCUT2D eigenvalue weighted by atomic mass is 79.9. The van der Waals surface area contributed by atoms with Crippen molar-refractivity contribution in [3.05, 3.63) is 84.6 Å². The van der Waals surface area contributed by atoms with Crippen molar-refractivity contribution in [2.75, 3.05) is 12.1 Å². The van der Waals surface area contributed by atoms with Crippen LogP contribution in [0.2, 0.25) is 0 Å². The molecular formula is C20H16BrN3O5. The molecule has 1 aliphatic heterocycles. The lowest BCUT2D eigenvalue weighted by Gasteiger charge is -2.09. The average Bonchev–Trinajstić information content (AvgIpc) is 3.16. The van der Waals surface area contributed by atoms with E-state index in [9.17, 15) is 14.4 Å². The lowest BCUT2D eigenvalue weighted by Crippen LogP contribution is -2.39. The van der Waals surface area contributed by atoms with E-state index in [1.807, 2.05) is 6.92 Å². The van der Waals surface area contributed by atoms with Crippen LogP contribution in [0.3, 0.4) is 0 Å². The van der Waals surface area contributed by atoms with Gasteiger partial charge in [0.15, 0.2) is 11.5 Å². The van der Waals surface area contributed by atoms with Crippen LogP contribution in [0.15, 0.2) is 56.7 Å². The molecular weight excluding hydrogens is 442 g/mol. The molecule has 1 aromatic heterocycles. The number of carbonyl (C=O) groups excluding carboxylic acids is 1. The number of anilines is 1. The van der Waals surface area contributed by atoms with E-state index in [0.717, 1.165) is 20.8 Å². The quantitative estimate of drug-likeness (QED) is 0.626. The van der Waals surface area contributed by atoms with Crippen LogP contribution in [0.1, 0.15) is 21.5 Å². The average molecular weight is 458 g/mol. The number of aryl methyl sites for hydroxylation is 1. The van der Waals surface area contributed by atoms with Gasteiger partial charge in [0.05, 0.1) is 6.54 Å². The zero-order valence-corrected chi connectivity index (χ0v) is 16.9. The number of hydrogen-bond donors (Lipinski definition) is 2. The van der Waals surface area contributed by atoms with E-state index < -0.39 is 17.2 Å². The zero-order chi connectivity index (χ0) is 20.5. The first kappa shape index (κ1) is 19.0. The predicted octanol–water partition coefficient (Wildman–Crippen LogP) is 2.64. The minimum Gasteiger partial charge on any atom is -0.454 e. The van der Waals surface area contributed by atoms with Gasteiger partial charge in [-0.2, -0.15) is 0 Å². The highest BCUT2D eigenvalue weighted by Gasteiger charge is 2.17. The molecule has 2 N–H and O–H groups in total. The standard InChI is InChI=1S/C20H16BrN3O5/c1-11-6-13(3-4-15(11)21)23-18(25)14-8-22-20(27)24(19(14)26)9-12-2-5-16-17(7-12)29-10-28-16/h2-8H,9-10H2,1H3,(H,22,27)(H,23,25). The Kier molecular flexibility index (Phi) is 4.98. The number of amides is 1. The molecule has 0 aliphatic carbocycles. The summed E-state index contributed by atoms with van der Waals surface area (Å²) < 4.78 is 12.5. The molecule has 1 amide bonds. The summed E-state index contributed by atoms with van der Waals surface area (Å²) >= 11 is 3.40. The van der Waals surface area contributed by atoms with Crippen LogP contribution < -0.4 is 26.0 Å². The summed E-state index contributed by atoms with van der Waals surface area (Å²) in [5.41, 5.74) is 0.698. The number of nitrogens with one attached hydrogen (secondary N) is 2. The van der Waals surface area contributed by atoms with Gasteiger partial charge in [0, 0.05) is 16.4 Å². The van der Waals surface area contributed by atoms with Gasteiger partial charge in [-0.25, -0.2) is 4.79 Å². The molecule has 2 heterocycles. The molecule has 0 spiro atoms. The number of aromatic amines is 1. The smallest absolute Gasteiger partial charge is 0.328 e. The maximum absolute atomic E-state index is 12.8. The molecule has 29 heavy (non-hydrogen) atoms. The van der Waals surface area contributed by atoms with Gasteiger partial charge in [-0.3, -0.25) is 14.2 Å². The van der Waals surface area contributed by atoms with Crippen LogP contribution in [0.5, 0.6) is 11.5 Å². The number of aromatic nitrogens is 2. The van der Waals surface area contributed by atoms with Gasteiger partial charge >= 0.3 is 5.69 Å². The Morgan fingerprint density at radius 2 is 1.97 bits per heavy atom. The third kappa shape index (κ3) is 3.81. The Morgan fingerprint density at radius 3 is 2.76 bits per heavy atom. The van der Waals surface area contributed by atoms with Crippen molar-refractivity contribution < 1.29 is 14.3 Å². The normalized spacial score (nSPS) is 12.1. The molecule has 148 valence electrons. The molecule has 1 aliphatic rings. The maximum atomic E-state index is 12.8. The van der Waals surface area contributed by atoms with Gasteiger partial charge in [-0.05, 0) is 48.4 Å². The van der Waals surface area contributed by atoms with Gasteiger partial charge < -0.3 is 19.8 Å². The molecule has 0 saturated heterocycles. The van der Waals surface area contributed by atoms with Gasteiger partial charge in [0.25, 0.3) is 11.5 Å². The van der Waals surface area contributed by atoms with E-state index >= 15 is 0 Å². The molecule has 0 atom stereocenters. The topological polar surface area (TPSA) is 102 Å². The number of benzene rings is 2. The number of halogens is 1. The van der Waals surface area contributed by atoms with E-state index in [-0.39, 0.29) is 18.9 Å². The highest BCUT2D eigenvalue weighted by molar-refractivity contribution is 9.10. The number of ether oxygens (including phenoxy) is 2. The van der Waals surface area contributed by atoms with Crippen LogP contribution in [0, 0.1) is 6.92 Å². The van der Waals surface area contributed by atoms with Crippen LogP contribution >= 0.6 is 15.9 Å². The van der Waals surface area contributed by atoms with Gasteiger partial charge in [-0.1, -0.05) is 22.0 Å². The van der Waals surface area contributed by atoms with Gasteiger partial charge in [0.1, 0.15) is 5.56 Å². The first-order chi connectivity index (χ1) is 13.9. The van der Waals surface area contributed by atoms with E-state index in [1.54, 1.807) is 36.4 Å². The number of H-pyrrole nitrogens is 1. The minimum absolute atomic E-state index is 0.0106. The number of nitrogens with zero attached hydrogens (tertiary/aromatic N) is 1. The highest BCUT2D eigenvalue weighted by Crippen LogP contribution is 2.32. The van der Waals surface area contributed by atoms with Crippen molar-refractivity contribution >= 4 is 27.5 Å². The Hall–Kier alpha value is -3.33. The molecule has 4 rings (SSSR count). The van der Waals surface area contributed by atoms with Crippen molar-refractivity contribution in [2.24, 2.45) is 0 Å². The first-order valence-electron chi connectivity index (χ1n) is 8.71. The van der Waals surface area contributed by atoms with Crippen LogP contribution in [0.25, 0.3) is 0 Å². The molecule has 0 saturated carbocycles. The summed E-state index contributed by atoms with van der Waals surface area (Å²) in [7, 11) is 0. The zero-order valence-electron chi connectivity index (χ0n) is 15.3. The van der Waals surface area contributed by atoms with E-state index in [1.165, 1.54) is 0 Å². The molecule has 2 aromatic carbocycles. The Balaban J connectivity index is 1.62. The lowest BCUT2D eigenvalue weighted by atomic mass is 10.2. The number of hydrogen-bond acceptors (Lipinski definition) is 5. The Labute approximate surface area is 173 Å². The van der Waals surface area contributed by atoms with Gasteiger partial charge in [-0.15, -0.1) is 0 Å². The first-order valence-corrected chi connectivity index (χ1v) is 9.50. The molecule has 0 radical (unpaired) electrons. The largest absolute Gasteiger partial charge is 0.454 e. The minimum atomic E-state index is -0.683. The Morgan fingerprint density at radius 1 is 1.17 bits per heavy atom. The second-order valence-corrected chi connectivity index (χ2v) is 7.36. The third-order valence-electron chi connectivity index (χ3n) is 4.50. The van der Waals surface area contributed by atoms with Crippen LogP contribution in [0.4, 0.5) is 5.69 Å². The second kappa shape index (κ2) is 7.59. The lowest BCUT2D eigenvalue weighted by molar-refractivity contribution is 0.102. The fraction of sp³-hybridized carbons (Fsp3) is 0.150. The fourth-order valence-corrected chi connectivity index (χ4v) is 3.21. The monoisotopic (exact) mass is 457 g/mol. The van der Waals surface area contributed by atoms with Crippen molar-refractivity contribution in [3.63, 3.8) is 0 Å². The molecule has 0 unspecified atom stereocenters. The van der Waals surface area contributed by atoms with Crippen molar-refractivity contribution in [1.29, 1.82) is 0 Å². The van der Waals surface area contributed by atoms with Crippen molar-refractivity contribution in [1.82, 2.24) is 9.55 Å². The SMILES string of the molecule is Cc1cc(NC(=O)c2c[nH]c(=O)n(Cc3ccc4c(c3)OCO4)c2=O)ccc1Br. The number of carbonyl (C=O) groups is 1. The molecule has 8 nitrogen and oxygen atoms in total. The van der Waals surface area contributed by atoms with Crippen molar-refractivity contribution in [2.45, 2.75) is 13.5 Å². The summed E-state index contributed by atoms with van der Waals surface area (Å²) in [6.07, 6.45) is 1.13. The van der Waals surface area contributed by atoms with E-state index in [2.05, 4.69) is 26.2 Å². The fourth-order valence-electron chi connectivity index (χ4n) is 2.96. The second-order valence-electron chi connectivity index (χ2n) is 6.50. The van der Waals surface area contributed by atoms with Crippen LogP contribution in [-0.4, -0.2) is 22.3 Å². The molecule has 3 aromatic rings. The van der Waals surface area contributed by atoms with E-state index in [4.69, 9.17) is 9.47 Å². The maximum Gasteiger partial charge on any atom is 0.328 e. The Bertz CT molecular complexity index is 1230. The summed E-state index contributed by atoms with van der Waals surface area (Å²) in [6, 6.07) is 10.4. The summed E-state index contributed by atoms with van der Waals surface area (Å²) in [6.45, 7) is 2.01. The summed E-state index contributed by atoms with van der Waals surface area (Å²) in [5.74, 6) is 0.548. The number of fused-ring (bicyclic) bond motifs is 1. The molecule has 0 bridgehead atoms.